The zero-order valence-corrected chi connectivity index (χ0v) is 20.3. The molecule has 0 unspecified atom stereocenters. The molecular weight excluding hydrogens is 422 g/mol. The fraction of sp³-hybridized carbons (Fsp3) is 0.440. The molecule has 1 amide bonds. The zero-order chi connectivity index (χ0) is 22.9. The third-order valence-corrected chi connectivity index (χ3v) is 6.92. The van der Waals surface area contributed by atoms with E-state index in [1.54, 1.807) is 0 Å². The highest BCUT2D eigenvalue weighted by Crippen LogP contribution is 2.40. The average molecular weight is 454 g/mol. The summed E-state index contributed by atoms with van der Waals surface area (Å²) in [7, 11) is 0. The zero-order valence-electron chi connectivity index (χ0n) is 19.5. The van der Waals surface area contributed by atoms with Crippen LogP contribution in [-0.4, -0.2) is 48.8 Å². The fourth-order valence-electron chi connectivity index (χ4n) is 3.76. The number of rotatable bonds is 7. The number of carbonyl (C=O) groups is 1. The van der Waals surface area contributed by atoms with Gasteiger partial charge in [0.25, 0.3) is 5.91 Å². The summed E-state index contributed by atoms with van der Waals surface area (Å²) in [6.07, 6.45) is 0. The molecule has 2 aromatic carbocycles. The number of amides is 1. The molecule has 170 valence electrons. The average Bonchev–Trinajstić information content (AvgIpc) is 3.40. The Hall–Kier alpha value is -2.64. The van der Waals surface area contributed by atoms with E-state index in [-0.39, 0.29) is 18.1 Å². The van der Waals surface area contributed by atoms with Gasteiger partial charge in [0, 0.05) is 30.8 Å². The Morgan fingerprint density at radius 3 is 2.31 bits per heavy atom. The van der Waals surface area contributed by atoms with E-state index in [2.05, 4.69) is 39.5 Å². The number of fused-ring (bicyclic) bond motifs is 2. The van der Waals surface area contributed by atoms with Crippen molar-refractivity contribution in [1.82, 2.24) is 9.88 Å². The molecule has 32 heavy (non-hydrogen) atoms. The van der Waals surface area contributed by atoms with Gasteiger partial charge in [0.15, 0.2) is 16.6 Å². The number of anilines is 1. The van der Waals surface area contributed by atoms with E-state index in [1.807, 2.05) is 41.3 Å². The van der Waals surface area contributed by atoms with E-state index in [0.29, 0.717) is 23.0 Å². The number of thiazole rings is 1. The van der Waals surface area contributed by atoms with E-state index in [0.717, 1.165) is 35.6 Å². The van der Waals surface area contributed by atoms with Crippen molar-refractivity contribution in [2.45, 2.75) is 40.0 Å². The highest BCUT2D eigenvalue weighted by Gasteiger charge is 2.24. The van der Waals surface area contributed by atoms with Crippen LogP contribution in [0, 0.1) is 0 Å². The standard InChI is InChI=1S/C25H31N3O3S/c1-6-27(7-2)12-13-28(23(29)17-8-10-18(11-9-17)25(3,4)5)24-26-19-14-20-21(31-16-30-20)15-22(19)32-24/h8-11,14-15H,6-7,12-13,16H2,1-5H3. The van der Waals surface area contributed by atoms with Gasteiger partial charge in [-0.25, -0.2) is 4.98 Å². The number of hydrogen-bond acceptors (Lipinski definition) is 6. The Bertz CT molecular complexity index is 1060. The Morgan fingerprint density at radius 1 is 1.03 bits per heavy atom. The van der Waals surface area contributed by atoms with Gasteiger partial charge >= 0.3 is 0 Å². The third-order valence-electron chi connectivity index (χ3n) is 5.88. The van der Waals surface area contributed by atoms with Crippen LogP contribution in [0.15, 0.2) is 36.4 Å². The smallest absolute Gasteiger partial charge is 0.260 e. The van der Waals surface area contributed by atoms with Gasteiger partial charge in [0.05, 0.1) is 10.2 Å². The molecule has 1 aromatic heterocycles. The second kappa shape index (κ2) is 9.08. The molecule has 1 aliphatic heterocycles. The number of ether oxygens (including phenoxy) is 2. The van der Waals surface area contributed by atoms with Crippen molar-refractivity contribution in [2.24, 2.45) is 0 Å². The molecule has 6 nitrogen and oxygen atoms in total. The monoisotopic (exact) mass is 453 g/mol. The van der Waals surface area contributed by atoms with Crippen LogP contribution in [0.3, 0.4) is 0 Å². The highest BCUT2D eigenvalue weighted by molar-refractivity contribution is 7.22. The van der Waals surface area contributed by atoms with Crippen molar-refractivity contribution in [3.8, 4) is 11.5 Å². The molecule has 0 bridgehead atoms. The molecule has 0 saturated heterocycles. The number of benzene rings is 2. The predicted octanol–water partition coefficient (Wildman–Crippen LogP) is 5.31. The van der Waals surface area contributed by atoms with E-state index >= 15 is 0 Å². The summed E-state index contributed by atoms with van der Waals surface area (Å²) in [4.78, 5) is 22.5. The Morgan fingerprint density at radius 2 is 1.69 bits per heavy atom. The molecule has 0 saturated carbocycles. The van der Waals surface area contributed by atoms with Crippen LogP contribution in [-0.2, 0) is 5.41 Å². The summed E-state index contributed by atoms with van der Waals surface area (Å²) < 4.78 is 12.0. The lowest BCUT2D eigenvalue weighted by molar-refractivity contribution is 0.0983. The molecule has 3 aromatic rings. The summed E-state index contributed by atoms with van der Waals surface area (Å²) in [6.45, 7) is 14.3. The van der Waals surface area contributed by atoms with Crippen LogP contribution in [0.2, 0.25) is 0 Å². The van der Waals surface area contributed by atoms with Gasteiger partial charge in [-0.15, -0.1) is 0 Å². The molecule has 0 atom stereocenters. The van der Waals surface area contributed by atoms with E-state index in [4.69, 9.17) is 14.5 Å². The summed E-state index contributed by atoms with van der Waals surface area (Å²) in [5.74, 6) is 1.40. The normalized spacial score (nSPS) is 13.2. The van der Waals surface area contributed by atoms with Crippen LogP contribution < -0.4 is 14.4 Å². The van der Waals surface area contributed by atoms with Gasteiger partial charge in [0.2, 0.25) is 6.79 Å². The van der Waals surface area contributed by atoms with Crippen molar-refractivity contribution < 1.29 is 14.3 Å². The minimum atomic E-state index is -0.0308. The highest BCUT2D eigenvalue weighted by atomic mass is 32.1. The molecule has 0 fully saturated rings. The first-order valence-electron chi connectivity index (χ1n) is 11.1. The van der Waals surface area contributed by atoms with Crippen molar-refractivity contribution in [1.29, 1.82) is 0 Å². The maximum absolute atomic E-state index is 13.6. The first-order valence-corrected chi connectivity index (χ1v) is 12.0. The van der Waals surface area contributed by atoms with Crippen LogP contribution in [0.5, 0.6) is 11.5 Å². The van der Waals surface area contributed by atoms with Crippen LogP contribution >= 0.6 is 11.3 Å². The van der Waals surface area contributed by atoms with Gasteiger partial charge in [-0.3, -0.25) is 9.69 Å². The van der Waals surface area contributed by atoms with Crippen LogP contribution in [0.25, 0.3) is 10.2 Å². The number of nitrogens with zero attached hydrogens (tertiary/aromatic N) is 3. The summed E-state index contributed by atoms with van der Waals surface area (Å²) in [5.41, 5.74) is 2.74. The Kier molecular flexibility index (Phi) is 6.40. The van der Waals surface area contributed by atoms with E-state index in [9.17, 15) is 4.79 Å². The molecule has 4 rings (SSSR count). The Balaban J connectivity index is 1.66. The second-order valence-electron chi connectivity index (χ2n) is 8.98. The maximum Gasteiger partial charge on any atom is 0.260 e. The molecule has 2 heterocycles. The van der Waals surface area contributed by atoms with Gasteiger partial charge in [-0.2, -0.15) is 0 Å². The Labute approximate surface area is 193 Å². The minimum Gasteiger partial charge on any atom is -0.454 e. The van der Waals surface area contributed by atoms with Gasteiger partial charge in [-0.1, -0.05) is 58.1 Å². The van der Waals surface area contributed by atoms with E-state index in [1.165, 1.54) is 16.9 Å². The maximum atomic E-state index is 13.6. The van der Waals surface area contributed by atoms with Crippen molar-refractivity contribution in [2.75, 3.05) is 37.9 Å². The number of hydrogen-bond donors (Lipinski definition) is 0. The summed E-state index contributed by atoms with van der Waals surface area (Å²) in [6, 6.07) is 11.8. The molecule has 0 radical (unpaired) electrons. The second-order valence-corrected chi connectivity index (χ2v) is 9.99. The third kappa shape index (κ3) is 4.59. The van der Waals surface area contributed by atoms with Crippen LogP contribution in [0.1, 0.15) is 50.5 Å². The lowest BCUT2D eigenvalue weighted by Gasteiger charge is -2.25. The van der Waals surface area contributed by atoms with Crippen molar-refractivity contribution in [3.63, 3.8) is 0 Å². The summed E-state index contributed by atoms with van der Waals surface area (Å²) >= 11 is 1.51. The molecule has 1 aliphatic rings. The first-order chi connectivity index (χ1) is 15.3. The number of likely N-dealkylation sites (N-methyl/N-ethyl adjacent to an activating group) is 1. The van der Waals surface area contributed by atoms with Crippen molar-refractivity contribution in [3.05, 3.63) is 47.5 Å². The van der Waals surface area contributed by atoms with Gasteiger partial charge in [0.1, 0.15) is 0 Å². The molecule has 7 heteroatoms. The summed E-state index contributed by atoms with van der Waals surface area (Å²) in [5, 5.41) is 0.695. The van der Waals surface area contributed by atoms with Gasteiger partial charge < -0.3 is 14.4 Å². The SMILES string of the molecule is CCN(CC)CCN(C(=O)c1ccc(C(C)(C)C)cc1)c1nc2cc3c(cc2s1)OCO3. The lowest BCUT2D eigenvalue weighted by Crippen LogP contribution is -2.38. The molecule has 0 spiro atoms. The quantitative estimate of drug-likeness (QED) is 0.485. The minimum absolute atomic E-state index is 0.0308. The van der Waals surface area contributed by atoms with Crippen LogP contribution in [0.4, 0.5) is 5.13 Å². The topological polar surface area (TPSA) is 54.9 Å². The largest absolute Gasteiger partial charge is 0.454 e. The predicted molar refractivity (Wildman–Crippen MR) is 130 cm³/mol. The fourth-order valence-corrected chi connectivity index (χ4v) is 4.76. The molecular formula is C25H31N3O3S. The van der Waals surface area contributed by atoms with Gasteiger partial charge in [-0.05, 0) is 36.2 Å². The van der Waals surface area contributed by atoms with E-state index < -0.39 is 0 Å². The number of carbonyl (C=O) groups excluding carboxylic acids is 1. The van der Waals surface area contributed by atoms with Crippen molar-refractivity contribution >= 4 is 32.6 Å². The number of aromatic nitrogens is 1. The first kappa shape index (κ1) is 22.6. The molecule has 0 N–H and O–H groups in total. The lowest BCUT2D eigenvalue weighted by atomic mass is 9.86. The molecule has 0 aliphatic carbocycles.